The summed E-state index contributed by atoms with van der Waals surface area (Å²) in [5, 5.41) is 5.22. The second-order valence-corrected chi connectivity index (χ2v) is 8.86. The molecule has 1 amide bonds. The predicted molar refractivity (Wildman–Crippen MR) is 110 cm³/mol. The van der Waals surface area contributed by atoms with Crippen LogP contribution in [-0.2, 0) is 12.8 Å². The van der Waals surface area contributed by atoms with E-state index in [-0.39, 0.29) is 11.9 Å². The van der Waals surface area contributed by atoms with Crippen molar-refractivity contribution in [2.45, 2.75) is 18.9 Å². The topological polar surface area (TPSA) is 32.3 Å². The Kier molecular flexibility index (Phi) is 4.94. The summed E-state index contributed by atoms with van der Waals surface area (Å²) in [5.74, 6) is 0.0327. The van der Waals surface area contributed by atoms with Crippen LogP contribution in [0.5, 0.6) is 0 Å². The van der Waals surface area contributed by atoms with Gasteiger partial charge in [0.15, 0.2) is 0 Å². The Bertz CT molecular complexity index is 912. The molecule has 1 N–H and O–H groups in total. The number of thiophene rings is 2. The van der Waals surface area contributed by atoms with E-state index in [1.165, 1.54) is 26.4 Å². The molecule has 1 aliphatic carbocycles. The number of hydrogen-bond acceptors (Lipinski definition) is 4. The molecule has 2 heterocycles. The van der Waals surface area contributed by atoms with Crippen LogP contribution in [-0.4, -0.2) is 31.4 Å². The van der Waals surface area contributed by atoms with Crippen molar-refractivity contribution in [2.75, 3.05) is 20.6 Å². The molecule has 4 rings (SSSR count). The molecule has 1 atom stereocenters. The van der Waals surface area contributed by atoms with E-state index >= 15 is 0 Å². The average Bonchev–Trinajstić information content (AvgIpc) is 3.31. The lowest BCUT2D eigenvalue weighted by molar-refractivity contribution is 0.0946. The Hall–Kier alpha value is -1.95. The first-order valence-electron chi connectivity index (χ1n) is 8.82. The zero-order valence-corrected chi connectivity index (χ0v) is 16.6. The van der Waals surface area contributed by atoms with Gasteiger partial charge in [0, 0.05) is 16.3 Å². The summed E-state index contributed by atoms with van der Waals surface area (Å²) < 4.78 is 0. The maximum atomic E-state index is 12.8. The molecule has 0 spiro atoms. The number of carbonyl (C=O) groups is 1. The molecule has 134 valence electrons. The highest BCUT2D eigenvalue weighted by Gasteiger charge is 2.22. The third-order valence-corrected chi connectivity index (χ3v) is 7.09. The lowest BCUT2D eigenvalue weighted by atomic mass is 9.91. The molecule has 5 heteroatoms. The van der Waals surface area contributed by atoms with Gasteiger partial charge in [0.1, 0.15) is 0 Å². The standard InChI is InChI=1S/C21H22N2OS2/c1-23(2)17(18-8-5-11-25-18)13-22-21(24)19-12-15-10-9-14-6-3-4-7-16(14)20(15)26-19/h3-8,11-12,17H,9-10,13H2,1-2H3,(H,22,24)/t17-/m0/s1. The van der Waals surface area contributed by atoms with Crippen LogP contribution in [0.15, 0.2) is 47.8 Å². The van der Waals surface area contributed by atoms with Gasteiger partial charge in [-0.05, 0) is 61.1 Å². The average molecular weight is 383 g/mol. The van der Waals surface area contributed by atoms with E-state index in [4.69, 9.17) is 0 Å². The van der Waals surface area contributed by atoms with Crippen LogP contribution in [0.4, 0.5) is 0 Å². The second-order valence-electron chi connectivity index (χ2n) is 6.83. The number of carbonyl (C=O) groups excluding carboxylic acids is 1. The van der Waals surface area contributed by atoms with E-state index in [2.05, 4.69) is 72.2 Å². The fraction of sp³-hybridized carbons (Fsp3) is 0.286. The second kappa shape index (κ2) is 7.35. The highest BCUT2D eigenvalue weighted by Crippen LogP contribution is 2.39. The van der Waals surface area contributed by atoms with E-state index in [9.17, 15) is 4.79 Å². The number of hydrogen-bond donors (Lipinski definition) is 1. The largest absolute Gasteiger partial charge is 0.349 e. The normalized spacial score (nSPS) is 14.0. The van der Waals surface area contributed by atoms with E-state index in [0.717, 1.165) is 17.7 Å². The number of fused-ring (bicyclic) bond motifs is 3. The van der Waals surface area contributed by atoms with E-state index < -0.39 is 0 Å². The van der Waals surface area contributed by atoms with Crippen molar-refractivity contribution < 1.29 is 4.79 Å². The zero-order valence-electron chi connectivity index (χ0n) is 15.0. The van der Waals surface area contributed by atoms with Crippen molar-refractivity contribution in [2.24, 2.45) is 0 Å². The molecule has 0 aliphatic heterocycles. The van der Waals surface area contributed by atoms with Crippen LogP contribution in [0.25, 0.3) is 10.4 Å². The lowest BCUT2D eigenvalue weighted by Gasteiger charge is -2.23. The molecular formula is C21H22N2OS2. The number of nitrogens with one attached hydrogen (secondary N) is 1. The molecule has 1 aromatic carbocycles. The molecule has 3 aromatic rings. The molecule has 0 saturated heterocycles. The summed E-state index contributed by atoms with van der Waals surface area (Å²) in [6, 6.07) is 15.0. The predicted octanol–water partition coefficient (Wildman–Crippen LogP) is 4.61. The molecule has 0 radical (unpaired) electrons. The summed E-state index contributed by atoms with van der Waals surface area (Å²) in [7, 11) is 4.11. The minimum absolute atomic E-state index is 0.0327. The van der Waals surface area contributed by atoms with Crippen molar-refractivity contribution in [3.05, 3.63) is 68.7 Å². The smallest absolute Gasteiger partial charge is 0.261 e. The fourth-order valence-electron chi connectivity index (χ4n) is 3.48. The first kappa shape index (κ1) is 17.5. The quantitative estimate of drug-likeness (QED) is 0.699. The molecule has 0 unspecified atom stereocenters. The van der Waals surface area contributed by atoms with E-state index in [0.29, 0.717) is 6.54 Å². The highest BCUT2D eigenvalue weighted by molar-refractivity contribution is 7.17. The summed E-state index contributed by atoms with van der Waals surface area (Å²) in [6.07, 6.45) is 2.08. The van der Waals surface area contributed by atoms with Gasteiger partial charge in [-0.15, -0.1) is 22.7 Å². The molecule has 3 nitrogen and oxygen atoms in total. The van der Waals surface area contributed by atoms with Gasteiger partial charge in [-0.25, -0.2) is 0 Å². The summed E-state index contributed by atoms with van der Waals surface area (Å²) in [6.45, 7) is 0.617. The molecule has 2 aromatic heterocycles. The fourth-order valence-corrected chi connectivity index (χ4v) is 5.59. The van der Waals surface area contributed by atoms with Crippen molar-refractivity contribution in [1.29, 1.82) is 0 Å². The Morgan fingerprint density at radius 2 is 1.96 bits per heavy atom. The van der Waals surface area contributed by atoms with Gasteiger partial charge in [0.05, 0.1) is 10.9 Å². The first-order valence-corrected chi connectivity index (χ1v) is 10.5. The number of rotatable bonds is 5. The van der Waals surface area contributed by atoms with Crippen molar-refractivity contribution >= 4 is 28.6 Å². The summed E-state index contributed by atoms with van der Waals surface area (Å²) in [4.78, 5) is 18.3. The Balaban J connectivity index is 1.51. The molecule has 1 aliphatic rings. The number of nitrogens with zero attached hydrogens (tertiary/aromatic N) is 1. The minimum Gasteiger partial charge on any atom is -0.349 e. The van der Waals surface area contributed by atoms with Gasteiger partial charge in [-0.3, -0.25) is 4.79 Å². The first-order chi connectivity index (χ1) is 12.6. The molecule has 0 fully saturated rings. The maximum absolute atomic E-state index is 12.8. The number of aryl methyl sites for hydroxylation is 2. The number of amides is 1. The Labute approximate surface area is 162 Å². The van der Waals surface area contributed by atoms with Crippen molar-refractivity contribution in [3.63, 3.8) is 0 Å². The van der Waals surface area contributed by atoms with Crippen LogP contribution in [0, 0.1) is 0 Å². The van der Waals surface area contributed by atoms with E-state index in [1.54, 1.807) is 22.7 Å². The molecular weight excluding hydrogens is 360 g/mol. The van der Waals surface area contributed by atoms with Gasteiger partial charge in [-0.1, -0.05) is 30.3 Å². The summed E-state index contributed by atoms with van der Waals surface area (Å²) >= 11 is 3.35. The zero-order chi connectivity index (χ0) is 18.1. The van der Waals surface area contributed by atoms with Gasteiger partial charge >= 0.3 is 0 Å². The lowest BCUT2D eigenvalue weighted by Crippen LogP contribution is -2.33. The Morgan fingerprint density at radius 1 is 1.15 bits per heavy atom. The monoisotopic (exact) mass is 382 g/mol. The SMILES string of the molecule is CN(C)[C@@H](CNC(=O)c1cc2c(s1)-c1ccccc1CC2)c1cccs1. The molecule has 0 saturated carbocycles. The number of likely N-dealkylation sites (N-methyl/N-ethyl adjacent to an activating group) is 1. The Morgan fingerprint density at radius 3 is 2.73 bits per heavy atom. The van der Waals surface area contributed by atoms with Crippen LogP contribution in [0.2, 0.25) is 0 Å². The highest BCUT2D eigenvalue weighted by atomic mass is 32.1. The van der Waals surface area contributed by atoms with Crippen molar-refractivity contribution in [1.82, 2.24) is 10.2 Å². The third kappa shape index (κ3) is 3.34. The third-order valence-electron chi connectivity index (χ3n) is 4.91. The van der Waals surface area contributed by atoms with Crippen LogP contribution in [0.3, 0.4) is 0 Å². The van der Waals surface area contributed by atoms with Gasteiger partial charge in [-0.2, -0.15) is 0 Å². The van der Waals surface area contributed by atoms with Crippen LogP contribution in [0.1, 0.15) is 31.7 Å². The number of benzene rings is 1. The van der Waals surface area contributed by atoms with Gasteiger partial charge in [0.2, 0.25) is 0 Å². The van der Waals surface area contributed by atoms with Gasteiger partial charge < -0.3 is 10.2 Å². The van der Waals surface area contributed by atoms with Crippen molar-refractivity contribution in [3.8, 4) is 10.4 Å². The molecule has 26 heavy (non-hydrogen) atoms. The minimum atomic E-state index is 0.0327. The van der Waals surface area contributed by atoms with Crippen LogP contribution < -0.4 is 5.32 Å². The summed E-state index contributed by atoms with van der Waals surface area (Å²) in [5.41, 5.74) is 3.99. The maximum Gasteiger partial charge on any atom is 0.261 e. The molecule has 0 bridgehead atoms. The van der Waals surface area contributed by atoms with Gasteiger partial charge in [0.25, 0.3) is 5.91 Å². The van der Waals surface area contributed by atoms with E-state index in [1.807, 2.05) is 0 Å². The van der Waals surface area contributed by atoms with Crippen LogP contribution >= 0.6 is 22.7 Å².